The van der Waals surface area contributed by atoms with Crippen molar-refractivity contribution in [2.24, 2.45) is 0 Å². The van der Waals surface area contributed by atoms with Gasteiger partial charge in [-0.25, -0.2) is 9.18 Å². The Bertz CT molecular complexity index is 1340. The number of hydrogen-bond acceptors (Lipinski definition) is 6. The van der Waals surface area contributed by atoms with Gasteiger partial charge in [-0.2, -0.15) is 0 Å². The second kappa shape index (κ2) is 8.31. The third-order valence-electron chi connectivity index (χ3n) is 4.54. The molecule has 156 valence electrons. The van der Waals surface area contributed by atoms with Crippen LogP contribution in [0.1, 0.15) is 16.1 Å². The number of para-hydroxylation sites is 2. The molecule has 0 unspecified atom stereocenters. The molecule has 0 atom stereocenters. The number of rotatable bonds is 5. The van der Waals surface area contributed by atoms with Gasteiger partial charge in [0.2, 0.25) is 11.2 Å². The molecule has 0 bridgehead atoms. The fraction of sp³-hybridized carbons (Fsp3) is 0.0833. The molecule has 0 saturated heterocycles. The van der Waals surface area contributed by atoms with Crippen LogP contribution in [0.3, 0.4) is 0 Å². The molecule has 31 heavy (non-hydrogen) atoms. The van der Waals surface area contributed by atoms with Gasteiger partial charge >= 0.3 is 5.97 Å². The molecule has 4 rings (SSSR count). The van der Waals surface area contributed by atoms with E-state index < -0.39 is 11.8 Å². The van der Waals surface area contributed by atoms with E-state index in [1.807, 2.05) is 0 Å². The molecule has 0 aliphatic heterocycles. The third kappa shape index (κ3) is 4.11. The van der Waals surface area contributed by atoms with E-state index in [1.165, 1.54) is 43.5 Å². The van der Waals surface area contributed by atoms with E-state index in [2.05, 4.69) is 0 Å². The Balaban J connectivity index is 1.66. The molecule has 0 aliphatic carbocycles. The summed E-state index contributed by atoms with van der Waals surface area (Å²) >= 11 is 0. The quantitative estimate of drug-likeness (QED) is 0.324. The summed E-state index contributed by atoms with van der Waals surface area (Å²) in [7, 11) is 1.50. The third-order valence-corrected chi connectivity index (χ3v) is 4.54. The number of hydrogen-bond donors (Lipinski definition) is 0. The van der Waals surface area contributed by atoms with Crippen LogP contribution in [0.15, 0.2) is 75.9 Å². The van der Waals surface area contributed by atoms with Gasteiger partial charge in [-0.15, -0.1) is 0 Å². The minimum atomic E-state index is -0.728. The highest BCUT2D eigenvalue weighted by Crippen LogP contribution is 2.32. The van der Waals surface area contributed by atoms with Crippen molar-refractivity contribution in [3.05, 3.63) is 94.1 Å². The molecule has 3 aromatic carbocycles. The van der Waals surface area contributed by atoms with Crippen molar-refractivity contribution >= 4 is 16.9 Å². The number of halogens is 1. The summed E-state index contributed by atoms with van der Waals surface area (Å²) < 4.78 is 35.4. The highest BCUT2D eigenvalue weighted by atomic mass is 19.1. The number of carbonyl (C=O) groups excluding carboxylic acids is 1. The molecule has 1 heterocycles. The van der Waals surface area contributed by atoms with Gasteiger partial charge in [0.05, 0.1) is 18.1 Å². The summed E-state index contributed by atoms with van der Waals surface area (Å²) in [6.07, 6.45) is 0. The van der Waals surface area contributed by atoms with Crippen molar-refractivity contribution in [3.63, 3.8) is 0 Å². The first-order valence-corrected chi connectivity index (χ1v) is 9.32. The van der Waals surface area contributed by atoms with Gasteiger partial charge in [-0.3, -0.25) is 4.79 Å². The molecule has 0 spiro atoms. The summed E-state index contributed by atoms with van der Waals surface area (Å²) in [4.78, 5) is 25.2. The highest BCUT2D eigenvalue weighted by Gasteiger charge is 2.17. The molecule has 0 radical (unpaired) electrons. The lowest BCUT2D eigenvalue weighted by Gasteiger charge is -2.12. The van der Waals surface area contributed by atoms with Crippen molar-refractivity contribution in [2.45, 2.75) is 6.92 Å². The first-order valence-electron chi connectivity index (χ1n) is 9.32. The lowest BCUT2D eigenvalue weighted by Crippen LogP contribution is -2.10. The van der Waals surface area contributed by atoms with Crippen molar-refractivity contribution in [1.82, 2.24) is 0 Å². The maximum Gasteiger partial charge on any atom is 0.343 e. The van der Waals surface area contributed by atoms with Crippen LogP contribution in [0.4, 0.5) is 4.39 Å². The Morgan fingerprint density at radius 1 is 0.968 bits per heavy atom. The van der Waals surface area contributed by atoms with Gasteiger partial charge in [0.15, 0.2) is 11.5 Å². The van der Waals surface area contributed by atoms with Crippen LogP contribution in [0, 0.1) is 12.7 Å². The SMILES string of the molecule is COc1ccccc1Oc1c(C)oc2cc(OC(=O)c3cccc(F)c3)ccc2c1=O. The predicted octanol–water partition coefficient (Wildman–Crippen LogP) is 5.26. The molecular formula is C24H17FO6. The van der Waals surface area contributed by atoms with E-state index in [1.54, 1.807) is 31.2 Å². The number of methoxy groups -OCH3 is 1. The van der Waals surface area contributed by atoms with E-state index in [4.69, 9.17) is 18.6 Å². The molecule has 0 saturated carbocycles. The first-order chi connectivity index (χ1) is 15.0. The average Bonchev–Trinajstić information content (AvgIpc) is 2.76. The normalized spacial score (nSPS) is 10.7. The Hall–Kier alpha value is -4.13. The topological polar surface area (TPSA) is 75.0 Å². The number of benzene rings is 3. The van der Waals surface area contributed by atoms with Crippen LogP contribution < -0.4 is 19.6 Å². The number of aryl methyl sites for hydroxylation is 1. The minimum Gasteiger partial charge on any atom is -0.493 e. The fourth-order valence-electron chi connectivity index (χ4n) is 3.04. The second-order valence-corrected chi connectivity index (χ2v) is 6.63. The van der Waals surface area contributed by atoms with Gasteiger partial charge < -0.3 is 18.6 Å². The lowest BCUT2D eigenvalue weighted by atomic mass is 10.2. The van der Waals surface area contributed by atoms with Crippen LogP contribution >= 0.6 is 0 Å². The molecule has 7 heteroatoms. The predicted molar refractivity (Wildman–Crippen MR) is 112 cm³/mol. The van der Waals surface area contributed by atoms with Crippen LogP contribution in [0.5, 0.6) is 23.0 Å². The summed E-state index contributed by atoms with van der Waals surface area (Å²) in [6.45, 7) is 1.59. The zero-order valence-corrected chi connectivity index (χ0v) is 16.7. The standard InChI is InChI=1S/C24H17FO6/c1-14-23(31-20-9-4-3-8-19(20)28-2)22(26)18-11-10-17(13-21(18)29-14)30-24(27)15-6-5-7-16(25)12-15/h3-13H,1-2H3. The minimum absolute atomic E-state index is 0.0292. The van der Waals surface area contributed by atoms with Gasteiger partial charge in [0, 0.05) is 6.07 Å². The number of carbonyl (C=O) groups is 1. The maximum absolute atomic E-state index is 13.3. The monoisotopic (exact) mass is 420 g/mol. The number of ether oxygens (including phenoxy) is 3. The molecule has 0 aliphatic rings. The van der Waals surface area contributed by atoms with Gasteiger partial charge in [0.25, 0.3) is 0 Å². The van der Waals surface area contributed by atoms with Crippen molar-refractivity contribution in [2.75, 3.05) is 7.11 Å². The molecular weight excluding hydrogens is 403 g/mol. The van der Waals surface area contributed by atoms with E-state index in [-0.39, 0.29) is 39.2 Å². The van der Waals surface area contributed by atoms with Gasteiger partial charge in [-0.05, 0) is 49.4 Å². The van der Waals surface area contributed by atoms with E-state index in [0.717, 1.165) is 6.07 Å². The largest absolute Gasteiger partial charge is 0.493 e. The summed E-state index contributed by atoms with van der Waals surface area (Å²) in [5.74, 6) is 0.00818. The van der Waals surface area contributed by atoms with E-state index in [9.17, 15) is 14.0 Å². The summed E-state index contributed by atoms with van der Waals surface area (Å²) in [5.41, 5.74) is -0.0923. The van der Waals surface area contributed by atoms with E-state index >= 15 is 0 Å². The van der Waals surface area contributed by atoms with Crippen molar-refractivity contribution < 1.29 is 27.8 Å². The molecule has 4 aromatic rings. The summed E-state index contributed by atoms with van der Waals surface area (Å²) in [6, 6.07) is 16.5. The van der Waals surface area contributed by atoms with Crippen LogP contribution in [-0.2, 0) is 0 Å². The fourth-order valence-corrected chi connectivity index (χ4v) is 3.04. The number of fused-ring (bicyclic) bond motifs is 1. The Kier molecular flexibility index (Phi) is 5.41. The zero-order valence-electron chi connectivity index (χ0n) is 16.7. The average molecular weight is 420 g/mol. The van der Waals surface area contributed by atoms with Crippen molar-refractivity contribution in [3.8, 4) is 23.0 Å². The Labute approximate surface area is 176 Å². The Morgan fingerprint density at radius 3 is 2.48 bits per heavy atom. The second-order valence-electron chi connectivity index (χ2n) is 6.63. The molecule has 1 aromatic heterocycles. The summed E-state index contributed by atoms with van der Waals surface area (Å²) in [5, 5.41) is 0.251. The van der Waals surface area contributed by atoms with Crippen LogP contribution in [0.2, 0.25) is 0 Å². The van der Waals surface area contributed by atoms with E-state index in [0.29, 0.717) is 11.5 Å². The highest BCUT2D eigenvalue weighted by molar-refractivity contribution is 5.91. The van der Waals surface area contributed by atoms with Crippen LogP contribution in [-0.4, -0.2) is 13.1 Å². The first kappa shape index (κ1) is 20.2. The smallest absolute Gasteiger partial charge is 0.343 e. The maximum atomic E-state index is 13.3. The lowest BCUT2D eigenvalue weighted by molar-refractivity contribution is 0.0734. The molecule has 0 amide bonds. The zero-order chi connectivity index (χ0) is 22.0. The van der Waals surface area contributed by atoms with Crippen molar-refractivity contribution in [1.29, 1.82) is 0 Å². The Morgan fingerprint density at radius 2 is 1.74 bits per heavy atom. The number of esters is 1. The van der Waals surface area contributed by atoms with Crippen LogP contribution in [0.25, 0.3) is 11.0 Å². The molecule has 0 fully saturated rings. The molecule has 6 nitrogen and oxygen atoms in total. The molecule has 0 N–H and O–H groups in total. The van der Waals surface area contributed by atoms with Gasteiger partial charge in [-0.1, -0.05) is 18.2 Å². The van der Waals surface area contributed by atoms with Gasteiger partial charge in [0.1, 0.15) is 22.9 Å².